The SMILES string of the molecule is COCCN(CCC(N)C(=O)O)C1CC1. The van der Waals surface area contributed by atoms with Gasteiger partial charge in [-0.15, -0.1) is 0 Å². The van der Waals surface area contributed by atoms with Gasteiger partial charge in [0.2, 0.25) is 0 Å². The molecule has 0 aromatic carbocycles. The zero-order valence-corrected chi connectivity index (χ0v) is 9.19. The summed E-state index contributed by atoms with van der Waals surface area (Å²) in [7, 11) is 1.67. The molecule has 0 aliphatic heterocycles. The van der Waals surface area contributed by atoms with E-state index in [1.54, 1.807) is 7.11 Å². The number of carboxylic acids is 1. The second-order valence-electron chi connectivity index (χ2n) is 3.99. The van der Waals surface area contributed by atoms with E-state index in [1.807, 2.05) is 0 Å². The lowest BCUT2D eigenvalue weighted by Gasteiger charge is -2.22. The number of methoxy groups -OCH3 is 1. The van der Waals surface area contributed by atoms with Crippen LogP contribution in [0.2, 0.25) is 0 Å². The van der Waals surface area contributed by atoms with Crippen molar-refractivity contribution in [1.82, 2.24) is 4.90 Å². The first-order valence-corrected chi connectivity index (χ1v) is 5.36. The van der Waals surface area contributed by atoms with Crippen LogP contribution in [0.25, 0.3) is 0 Å². The van der Waals surface area contributed by atoms with Gasteiger partial charge >= 0.3 is 5.97 Å². The Morgan fingerprint density at radius 2 is 2.27 bits per heavy atom. The molecule has 5 nitrogen and oxygen atoms in total. The number of hydrogen-bond acceptors (Lipinski definition) is 4. The monoisotopic (exact) mass is 216 g/mol. The molecule has 0 spiro atoms. The number of carbonyl (C=O) groups is 1. The van der Waals surface area contributed by atoms with Gasteiger partial charge in [-0.2, -0.15) is 0 Å². The van der Waals surface area contributed by atoms with Gasteiger partial charge in [-0.25, -0.2) is 0 Å². The summed E-state index contributed by atoms with van der Waals surface area (Å²) < 4.78 is 5.02. The number of ether oxygens (including phenoxy) is 1. The Hall–Kier alpha value is -0.650. The van der Waals surface area contributed by atoms with Crippen molar-refractivity contribution in [2.45, 2.75) is 31.3 Å². The summed E-state index contributed by atoms with van der Waals surface area (Å²) in [5.41, 5.74) is 5.46. The molecule has 1 fully saturated rings. The average molecular weight is 216 g/mol. The second-order valence-corrected chi connectivity index (χ2v) is 3.99. The minimum atomic E-state index is -0.919. The molecule has 1 unspecified atom stereocenters. The van der Waals surface area contributed by atoms with Crippen molar-refractivity contribution < 1.29 is 14.6 Å². The van der Waals surface area contributed by atoms with Gasteiger partial charge in [0.15, 0.2) is 0 Å². The lowest BCUT2D eigenvalue weighted by Crippen LogP contribution is -2.37. The molecule has 1 rings (SSSR count). The minimum Gasteiger partial charge on any atom is -0.480 e. The summed E-state index contributed by atoms with van der Waals surface area (Å²) in [6.45, 7) is 2.31. The highest BCUT2D eigenvalue weighted by Gasteiger charge is 2.28. The molecule has 5 heteroatoms. The highest BCUT2D eigenvalue weighted by molar-refractivity contribution is 5.72. The first-order valence-electron chi connectivity index (χ1n) is 5.36. The van der Waals surface area contributed by atoms with Crippen LogP contribution in [0.15, 0.2) is 0 Å². The second kappa shape index (κ2) is 6.05. The smallest absolute Gasteiger partial charge is 0.320 e. The lowest BCUT2D eigenvalue weighted by atomic mass is 10.2. The Kier molecular flexibility index (Phi) is 5.01. The molecule has 1 aliphatic rings. The number of nitrogens with zero attached hydrogens (tertiary/aromatic N) is 1. The van der Waals surface area contributed by atoms with Crippen LogP contribution in [0.1, 0.15) is 19.3 Å². The maximum Gasteiger partial charge on any atom is 0.320 e. The molecule has 0 heterocycles. The van der Waals surface area contributed by atoms with Gasteiger partial charge < -0.3 is 15.6 Å². The van der Waals surface area contributed by atoms with Crippen molar-refractivity contribution in [1.29, 1.82) is 0 Å². The molecule has 88 valence electrons. The summed E-state index contributed by atoms with van der Waals surface area (Å²) >= 11 is 0. The first-order chi connectivity index (χ1) is 7.15. The standard InChI is InChI=1S/C10H20N2O3/c1-15-7-6-12(8-2-3-8)5-4-9(11)10(13)14/h8-9H,2-7,11H2,1H3,(H,13,14). The summed E-state index contributed by atoms with van der Waals surface area (Å²) in [6.07, 6.45) is 2.94. The van der Waals surface area contributed by atoms with E-state index >= 15 is 0 Å². The Balaban J connectivity index is 2.22. The van der Waals surface area contributed by atoms with Crippen molar-refractivity contribution >= 4 is 5.97 Å². The van der Waals surface area contributed by atoms with E-state index in [9.17, 15) is 4.79 Å². The van der Waals surface area contributed by atoms with E-state index in [1.165, 1.54) is 12.8 Å². The normalized spacial score (nSPS) is 18.1. The van der Waals surface area contributed by atoms with Crippen LogP contribution >= 0.6 is 0 Å². The third-order valence-electron chi connectivity index (χ3n) is 2.69. The van der Waals surface area contributed by atoms with Crippen LogP contribution in [-0.4, -0.2) is 54.9 Å². The first kappa shape index (κ1) is 12.4. The largest absolute Gasteiger partial charge is 0.480 e. The fourth-order valence-corrected chi connectivity index (χ4v) is 1.55. The van der Waals surface area contributed by atoms with E-state index in [4.69, 9.17) is 15.6 Å². The molecule has 0 radical (unpaired) electrons. The fraction of sp³-hybridized carbons (Fsp3) is 0.900. The number of nitrogens with two attached hydrogens (primary N) is 1. The van der Waals surface area contributed by atoms with E-state index in [2.05, 4.69) is 4.90 Å². The Bertz CT molecular complexity index is 207. The number of carboxylic acid groups (broad SMARTS) is 1. The minimum absolute atomic E-state index is 0.509. The summed E-state index contributed by atoms with van der Waals surface area (Å²) in [6, 6.07) is -0.116. The molecule has 0 aromatic rings. The van der Waals surface area contributed by atoms with Gasteiger partial charge in [0.25, 0.3) is 0 Å². The highest BCUT2D eigenvalue weighted by atomic mass is 16.5. The molecular weight excluding hydrogens is 196 g/mol. The van der Waals surface area contributed by atoms with Gasteiger partial charge in [-0.05, 0) is 19.3 Å². The zero-order chi connectivity index (χ0) is 11.3. The maximum absolute atomic E-state index is 10.5. The topological polar surface area (TPSA) is 75.8 Å². The van der Waals surface area contributed by atoms with Crippen LogP contribution in [0.4, 0.5) is 0 Å². The molecule has 3 N–H and O–H groups in total. The van der Waals surface area contributed by atoms with Gasteiger partial charge in [0, 0.05) is 26.2 Å². The molecule has 1 atom stereocenters. The quantitative estimate of drug-likeness (QED) is 0.592. The van der Waals surface area contributed by atoms with Gasteiger partial charge in [0.1, 0.15) is 6.04 Å². The van der Waals surface area contributed by atoms with Crippen molar-refractivity contribution in [3.63, 3.8) is 0 Å². The van der Waals surface area contributed by atoms with E-state index in [0.717, 1.165) is 13.1 Å². The molecule has 0 aromatic heterocycles. The summed E-state index contributed by atoms with van der Waals surface area (Å²) in [5, 5.41) is 8.66. The molecule has 15 heavy (non-hydrogen) atoms. The lowest BCUT2D eigenvalue weighted by molar-refractivity contribution is -0.138. The fourth-order valence-electron chi connectivity index (χ4n) is 1.55. The van der Waals surface area contributed by atoms with Crippen LogP contribution < -0.4 is 5.73 Å². The van der Waals surface area contributed by atoms with Gasteiger partial charge in [-0.1, -0.05) is 0 Å². The van der Waals surface area contributed by atoms with Crippen molar-refractivity contribution in [3.8, 4) is 0 Å². The van der Waals surface area contributed by atoms with E-state index in [0.29, 0.717) is 19.1 Å². The van der Waals surface area contributed by atoms with Crippen LogP contribution in [-0.2, 0) is 9.53 Å². The van der Waals surface area contributed by atoms with Crippen LogP contribution in [0.3, 0.4) is 0 Å². The number of rotatable bonds is 8. The van der Waals surface area contributed by atoms with Crippen molar-refractivity contribution in [3.05, 3.63) is 0 Å². The molecule has 1 saturated carbocycles. The third kappa shape index (κ3) is 4.59. The molecule has 0 saturated heterocycles. The van der Waals surface area contributed by atoms with E-state index < -0.39 is 12.0 Å². The van der Waals surface area contributed by atoms with Crippen LogP contribution in [0.5, 0.6) is 0 Å². The Morgan fingerprint density at radius 1 is 1.60 bits per heavy atom. The molecule has 0 amide bonds. The van der Waals surface area contributed by atoms with E-state index in [-0.39, 0.29) is 0 Å². The van der Waals surface area contributed by atoms with Crippen molar-refractivity contribution in [2.75, 3.05) is 26.8 Å². The van der Waals surface area contributed by atoms with Gasteiger partial charge in [0.05, 0.1) is 6.61 Å². The zero-order valence-electron chi connectivity index (χ0n) is 9.19. The highest BCUT2D eigenvalue weighted by Crippen LogP contribution is 2.26. The predicted molar refractivity (Wildman–Crippen MR) is 56.7 cm³/mol. The van der Waals surface area contributed by atoms with Crippen LogP contribution in [0, 0.1) is 0 Å². The summed E-state index contributed by atoms with van der Waals surface area (Å²) in [5.74, 6) is -0.919. The van der Waals surface area contributed by atoms with Crippen molar-refractivity contribution in [2.24, 2.45) is 5.73 Å². The van der Waals surface area contributed by atoms with Gasteiger partial charge in [-0.3, -0.25) is 9.69 Å². The third-order valence-corrected chi connectivity index (χ3v) is 2.69. The average Bonchev–Trinajstić information content (AvgIpc) is 3.01. The Morgan fingerprint density at radius 3 is 2.73 bits per heavy atom. The molecular formula is C10H20N2O3. The number of hydrogen-bond donors (Lipinski definition) is 2. The maximum atomic E-state index is 10.5. The predicted octanol–water partition coefficient (Wildman–Crippen LogP) is -0.101. The number of aliphatic carboxylic acids is 1. The Labute approximate surface area is 90.2 Å². The molecule has 1 aliphatic carbocycles. The summed E-state index contributed by atoms with van der Waals surface area (Å²) in [4.78, 5) is 12.8. The molecule has 0 bridgehead atoms.